The Morgan fingerprint density at radius 3 is 2.61 bits per heavy atom. The van der Waals surface area contributed by atoms with E-state index in [-0.39, 0.29) is 11.7 Å². The number of pyridine rings is 1. The number of amides is 1. The lowest BCUT2D eigenvalue weighted by Crippen LogP contribution is -2.23. The Morgan fingerprint density at radius 2 is 1.94 bits per heavy atom. The van der Waals surface area contributed by atoms with Crippen molar-refractivity contribution in [3.63, 3.8) is 0 Å². The minimum absolute atomic E-state index is 0.144. The van der Waals surface area contributed by atoms with Crippen LogP contribution in [-0.2, 0) is 4.79 Å². The third-order valence-corrected chi connectivity index (χ3v) is 4.94. The van der Waals surface area contributed by atoms with Crippen molar-refractivity contribution in [3.05, 3.63) is 87.1 Å². The summed E-state index contributed by atoms with van der Waals surface area (Å²) in [6.45, 7) is 1.36. The van der Waals surface area contributed by atoms with Gasteiger partial charge in [-0.15, -0.1) is 0 Å². The average Bonchev–Trinajstić information content (AvgIpc) is 3.23. The number of carbonyl (C=O) groups excluding carboxylic acids is 1. The molecule has 0 N–H and O–H groups in total. The second kappa shape index (κ2) is 8.49. The molecule has 4 rings (SSSR count). The van der Waals surface area contributed by atoms with Gasteiger partial charge in [-0.3, -0.25) is 14.9 Å². The van der Waals surface area contributed by atoms with Gasteiger partial charge in [-0.25, -0.2) is 4.98 Å². The predicted molar refractivity (Wildman–Crippen MR) is 121 cm³/mol. The van der Waals surface area contributed by atoms with E-state index in [2.05, 4.69) is 26.0 Å². The Kier molecular flexibility index (Phi) is 5.59. The molecule has 0 aliphatic rings. The lowest BCUT2D eigenvalue weighted by Gasteiger charge is -2.17. The molecular weight excluding hydrogens is 464 g/mol. The van der Waals surface area contributed by atoms with E-state index in [9.17, 15) is 14.9 Å². The largest absolute Gasteiger partial charge is 0.433 e. The van der Waals surface area contributed by atoms with Crippen molar-refractivity contribution >= 4 is 50.7 Å². The van der Waals surface area contributed by atoms with E-state index in [4.69, 9.17) is 4.42 Å². The van der Waals surface area contributed by atoms with Crippen LogP contribution < -0.4 is 5.01 Å². The Bertz CT molecular complexity index is 1320. The molecule has 4 aromatic rings. The minimum Gasteiger partial charge on any atom is -0.400 e. The zero-order valence-electron chi connectivity index (χ0n) is 16.2. The first-order chi connectivity index (χ1) is 14.9. The Labute approximate surface area is 185 Å². The molecule has 0 atom stereocenters. The molecule has 8 nitrogen and oxygen atoms in total. The van der Waals surface area contributed by atoms with Crippen LogP contribution >= 0.6 is 15.9 Å². The molecule has 0 unspecified atom stereocenters. The molecular formula is C22H15BrN4O4. The Balaban J connectivity index is 1.82. The van der Waals surface area contributed by atoms with Crippen LogP contribution in [-0.4, -0.2) is 22.0 Å². The first-order valence-corrected chi connectivity index (χ1v) is 9.96. The third-order valence-electron chi connectivity index (χ3n) is 4.45. The summed E-state index contributed by atoms with van der Waals surface area (Å²) >= 11 is 3.50. The highest BCUT2D eigenvalue weighted by Crippen LogP contribution is 2.33. The van der Waals surface area contributed by atoms with E-state index in [1.54, 1.807) is 6.07 Å². The van der Waals surface area contributed by atoms with Crippen molar-refractivity contribution in [1.82, 2.24) is 4.98 Å². The summed E-state index contributed by atoms with van der Waals surface area (Å²) in [5, 5.41) is 17.0. The predicted octanol–water partition coefficient (Wildman–Crippen LogP) is 5.55. The molecule has 2 aromatic carbocycles. The number of hydrogen-bond acceptors (Lipinski definition) is 6. The van der Waals surface area contributed by atoms with E-state index in [0.717, 1.165) is 26.0 Å². The van der Waals surface area contributed by atoms with Crippen molar-refractivity contribution in [2.24, 2.45) is 5.10 Å². The highest BCUT2D eigenvalue weighted by atomic mass is 79.9. The summed E-state index contributed by atoms with van der Waals surface area (Å²) in [5.41, 5.74) is 2.54. The van der Waals surface area contributed by atoms with Crippen molar-refractivity contribution in [2.75, 3.05) is 5.01 Å². The van der Waals surface area contributed by atoms with Gasteiger partial charge in [-0.2, -0.15) is 10.1 Å². The normalized spacial score (nSPS) is 11.2. The summed E-state index contributed by atoms with van der Waals surface area (Å²) < 4.78 is 5.99. The number of hydrazone groups is 1. The number of furan rings is 1. The molecule has 2 aromatic heterocycles. The molecule has 0 radical (unpaired) electrons. The van der Waals surface area contributed by atoms with Crippen LogP contribution in [0.3, 0.4) is 0 Å². The fraction of sp³-hybridized carbons (Fsp3) is 0.0455. The molecule has 2 heterocycles. The van der Waals surface area contributed by atoms with Crippen molar-refractivity contribution in [1.29, 1.82) is 0 Å². The highest BCUT2D eigenvalue weighted by Gasteiger charge is 2.17. The number of hydrogen-bond donors (Lipinski definition) is 0. The summed E-state index contributed by atoms with van der Waals surface area (Å²) in [5.74, 6) is -0.318. The maximum atomic E-state index is 12.3. The van der Waals surface area contributed by atoms with Gasteiger partial charge in [0.2, 0.25) is 5.91 Å². The summed E-state index contributed by atoms with van der Waals surface area (Å²) in [7, 11) is 0. The molecule has 154 valence electrons. The summed E-state index contributed by atoms with van der Waals surface area (Å²) in [6.07, 6.45) is 1.24. The van der Waals surface area contributed by atoms with Crippen LogP contribution in [0.2, 0.25) is 0 Å². The van der Waals surface area contributed by atoms with Gasteiger partial charge in [0.25, 0.3) is 0 Å². The van der Waals surface area contributed by atoms with Gasteiger partial charge < -0.3 is 4.42 Å². The number of benzene rings is 2. The molecule has 0 bridgehead atoms. The number of nitrogens with zero attached hydrogens (tertiary/aromatic N) is 4. The molecule has 0 spiro atoms. The number of carbonyl (C=O) groups is 1. The molecule has 0 aliphatic heterocycles. The lowest BCUT2D eigenvalue weighted by atomic mass is 10.0. The SMILES string of the molecule is CC(=O)N(/N=C/c1ccc([N+](=O)[O-])o1)c1cc(-c2ccccc2)c2cc(Br)ccc2n1. The third kappa shape index (κ3) is 4.36. The number of halogens is 1. The first kappa shape index (κ1) is 20.4. The lowest BCUT2D eigenvalue weighted by molar-refractivity contribution is -0.402. The van der Waals surface area contributed by atoms with E-state index in [1.807, 2.05) is 48.5 Å². The smallest absolute Gasteiger partial charge is 0.400 e. The summed E-state index contributed by atoms with van der Waals surface area (Å²) in [6, 6.07) is 19.9. The maximum Gasteiger partial charge on any atom is 0.433 e. The quantitative estimate of drug-likeness (QED) is 0.212. The Hall–Kier alpha value is -3.85. The number of rotatable bonds is 5. The van der Waals surface area contributed by atoms with Gasteiger partial charge in [0.1, 0.15) is 4.92 Å². The van der Waals surface area contributed by atoms with Gasteiger partial charge in [0, 0.05) is 16.8 Å². The second-order valence-corrected chi connectivity index (χ2v) is 7.48. The molecule has 0 fully saturated rings. The van der Waals surface area contributed by atoms with Crippen molar-refractivity contribution < 1.29 is 14.1 Å². The van der Waals surface area contributed by atoms with Crippen LogP contribution in [0.1, 0.15) is 12.7 Å². The summed E-state index contributed by atoms with van der Waals surface area (Å²) in [4.78, 5) is 27.1. The highest BCUT2D eigenvalue weighted by molar-refractivity contribution is 9.10. The van der Waals surface area contributed by atoms with E-state index in [0.29, 0.717) is 11.3 Å². The van der Waals surface area contributed by atoms with Crippen LogP contribution in [0.5, 0.6) is 0 Å². The zero-order chi connectivity index (χ0) is 22.0. The number of nitro groups is 1. The number of fused-ring (bicyclic) bond motifs is 1. The Morgan fingerprint density at radius 1 is 1.16 bits per heavy atom. The van der Waals surface area contributed by atoms with Gasteiger partial charge in [-0.05, 0) is 41.5 Å². The minimum atomic E-state index is -0.644. The maximum absolute atomic E-state index is 12.3. The number of anilines is 1. The fourth-order valence-electron chi connectivity index (χ4n) is 3.08. The topological polar surface area (TPSA) is 102 Å². The number of aromatic nitrogens is 1. The molecule has 0 saturated carbocycles. The van der Waals surface area contributed by atoms with Crippen LogP contribution in [0.4, 0.5) is 11.7 Å². The van der Waals surface area contributed by atoms with E-state index in [1.165, 1.54) is 25.3 Å². The van der Waals surface area contributed by atoms with Gasteiger partial charge >= 0.3 is 5.88 Å². The molecule has 0 saturated heterocycles. The van der Waals surface area contributed by atoms with E-state index < -0.39 is 10.8 Å². The second-order valence-electron chi connectivity index (χ2n) is 6.56. The monoisotopic (exact) mass is 478 g/mol. The molecule has 1 amide bonds. The van der Waals surface area contributed by atoms with Crippen molar-refractivity contribution in [3.8, 4) is 11.1 Å². The van der Waals surface area contributed by atoms with Crippen molar-refractivity contribution in [2.45, 2.75) is 6.92 Å². The molecule has 31 heavy (non-hydrogen) atoms. The van der Waals surface area contributed by atoms with Crippen LogP contribution in [0.15, 0.2) is 80.7 Å². The van der Waals surface area contributed by atoms with Gasteiger partial charge in [-0.1, -0.05) is 46.3 Å². The van der Waals surface area contributed by atoms with Gasteiger partial charge in [0.05, 0.1) is 17.8 Å². The average molecular weight is 479 g/mol. The first-order valence-electron chi connectivity index (χ1n) is 9.17. The van der Waals surface area contributed by atoms with Crippen LogP contribution in [0.25, 0.3) is 22.0 Å². The molecule has 0 aliphatic carbocycles. The van der Waals surface area contributed by atoms with Crippen LogP contribution in [0, 0.1) is 10.1 Å². The van der Waals surface area contributed by atoms with E-state index >= 15 is 0 Å². The van der Waals surface area contributed by atoms with Gasteiger partial charge in [0.15, 0.2) is 11.6 Å². The zero-order valence-corrected chi connectivity index (χ0v) is 17.8. The fourth-order valence-corrected chi connectivity index (χ4v) is 3.44. The molecule has 9 heteroatoms. The standard InChI is InChI=1S/C22H15BrN4O4/c1-14(28)26(24-13-17-8-10-22(31-17)27(29)30)21-12-18(15-5-3-2-4-6-15)19-11-16(23)7-9-20(19)25-21/h2-13H,1H3/b24-13+.